The molecular formula is C38H51NO7Si. The number of carbonyl (C=O) groups is 1. The monoisotopic (exact) mass is 661 g/mol. The van der Waals surface area contributed by atoms with Crippen LogP contribution in [0.5, 0.6) is 0 Å². The molecule has 0 bridgehead atoms. The van der Waals surface area contributed by atoms with E-state index in [4.69, 9.17) is 28.1 Å². The number of likely N-dealkylation sites (tertiary alicyclic amines) is 1. The van der Waals surface area contributed by atoms with Crippen molar-refractivity contribution < 1.29 is 32.9 Å². The molecule has 0 aliphatic carbocycles. The molecule has 0 N–H and O–H groups in total. The first-order chi connectivity index (χ1) is 22.3. The predicted molar refractivity (Wildman–Crippen MR) is 184 cm³/mol. The fourth-order valence-electron chi connectivity index (χ4n) is 5.92. The van der Waals surface area contributed by atoms with Crippen molar-refractivity contribution in [3.63, 3.8) is 0 Å². The Hall–Kier alpha value is -3.05. The highest BCUT2D eigenvalue weighted by Gasteiger charge is 2.60. The van der Waals surface area contributed by atoms with Crippen molar-refractivity contribution >= 4 is 14.4 Å². The van der Waals surface area contributed by atoms with Gasteiger partial charge in [0.15, 0.2) is 14.1 Å². The van der Waals surface area contributed by atoms with E-state index in [1.54, 1.807) is 4.90 Å². The van der Waals surface area contributed by atoms with Crippen LogP contribution in [0.15, 0.2) is 91.0 Å². The van der Waals surface area contributed by atoms with Gasteiger partial charge in [-0.2, -0.15) is 0 Å². The molecule has 3 aromatic carbocycles. The van der Waals surface area contributed by atoms with Gasteiger partial charge < -0.3 is 28.1 Å². The first-order valence-electron chi connectivity index (χ1n) is 16.6. The molecule has 2 aliphatic rings. The summed E-state index contributed by atoms with van der Waals surface area (Å²) in [6.07, 6.45) is -2.01. The molecule has 0 aromatic heterocycles. The molecule has 0 radical (unpaired) electrons. The van der Waals surface area contributed by atoms with Gasteiger partial charge in [0.1, 0.15) is 24.9 Å². The smallest absolute Gasteiger partial charge is 0.410 e. The predicted octanol–water partition coefficient (Wildman–Crippen LogP) is 7.72. The maximum atomic E-state index is 14.4. The number of hydrogen-bond acceptors (Lipinski definition) is 7. The number of hydrogen-bond donors (Lipinski definition) is 0. The second kappa shape index (κ2) is 15.0. The Bertz CT molecular complexity index is 1410. The van der Waals surface area contributed by atoms with Crippen molar-refractivity contribution in [3.8, 4) is 0 Å². The number of carbonyl (C=O) groups excluding carboxylic acids is 1. The second-order valence-electron chi connectivity index (χ2n) is 14.5. The zero-order valence-corrected chi connectivity index (χ0v) is 29.9. The molecule has 2 aliphatic heterocycles. The maximum Gasteiger partial charge on any atom is 0.410 e. The summed E-state index contributed by atoms with van der Waals surface area (Å²) in [5, 5.41) is -0.0313. The molecule has 9 heteroatoms. The highest BCUT2D eigenvalue weighted by molar-refractivity contribution is 6.74. The second-order valence-corrected chi connectivity index (χ2v) is 19.3. The number of rotatable bonds is 12. The maximum absolute atomic E-state index is 14.4. The SMILES string of the molecule is CC1(C)O[C@H]2[C@H](OCc3ccccc3)[C@@H](CO[Si](C)(C)C(C)(C)C)N(C(=O)OCc3ccccc3)[C@@H](COCc3ccccc3)[C@H]2O1. The Labute approximate surface area is 281 Å². The van der Waals surface area contributed by atoms with Gasteiger partial charge in [-0.15, -0.1) is 0 Å². The van der Waals surface area contributed by atoms with Crippen molar-refractivity contribution in [1.82, 2.24) is 4.90 Å². The van der Waals surface area contributed by atoms with Crippen LogP contribution in [0.3, 0.4) is 0 Å². The summed E-state index contributed by atoms with van der Waals surface area (Å²) in [5.74, 6) is -0.893. The average molecular weight is 662 g/mol. The van der Waals surface area contributed by atoms with Gasteiger partial charge in [-0.1, -0.05) is 112 Å². The van der Waals surface area contributed by atoms with E-state index in [-0.39, 0.29) is 24.9 Å². The first-order valence-corrected chi connectivity index (χ1v) is 19.5. The number of piperidine rings is 1. The molecule has 0 unspecified atom stereocenters. The minimum absolute atomic E-state index is 0.0313. The number of nitrogens with zero attached hydrogens (tertiary/aromatic N) is 1. The Morgan fingerprint density at radius 2 is 1.26 bits per heavy atom. The summed E-state index contributed by atoms with van der Waals surface area (Å²) in [6.45, 7) is 16.2. The van der Waals surface area contributed by atoms with Crippen molar-refractivity contribution in [1.29, 1.82) is 0 Å². The summed E-state index contributed by atoms with van der Waals surface area (Å²) in [7, 11) is -2.23. The highest BCUT2D eigenvalue weighted by Crippen LogP contribution is 2.42. The Balaban J connectivity index is 1.50. The average Bonchev–Trinajstić information content (AvgIpc) is 3.37. The lowest BCUT2D eigenvalue weighted by atomic mass is 9.88. The van der Waals surface area contributed by atoms with Crippen LogP contribution < -0.4 is 0 Å². The number of fused-ring (bicyclic) bond motifs is 1. The first kappa shape index (κ1) is 35.3. The van der Waals surface area contributed by atoms with Crippen LogP contribution in [0.1, 0.15) is 51.3 Å². The fourth-order valence-corrected chi connectivity index (χ4v) is 6.94. The molecule has 2 heterocycles. The minimum atomic E-state index is -2.23. The van der Waals surface area contributed by atoms with E-state index in [0.717, 1.165) is 16.7 Å². The third-order valence-electron chi connectivity index (χ3n) is 9.48. The summed E-state index contributed by atoms with van der Waals surface area (Å²) in [6, 6.07) is 28.7. The number of amides is 1. The number of ether oxygens (including phenoxy) is 5. The van der Waals surface area contributed by atoms with Crippen molar-refractivity contribution in [2.75, 3.05) is 13.2 Å². The molecule has 3 aromatic rings. The quantitative estimate of drug-likeness (QED) is 0.184. The lowest BCUT2D eigenvalue weighted by molar-refractivity contribution is -0.167. The lowest BCUT2D eigenvalue weighted by Gasteiger charge is -2.50. The third-order valence-corrected chi connectivity index (χ3v) is 14.0. The lowest BCUT2D eigenvalue weighted by Crippen LogP contribution is -2.70. The van der Waals surface area contributed by atoms with E-state index in [1.807, 2.05) is 105 Å². The van der Waals surface area contributed by atoms with E-state index < -0.39 is 50.6 Å². The van der Waals surface area contributed by atoms with E-state index in [9.17, 15) is 4.79 Å². The van der Waals surface area contributed by atoms with Crippen molar-refractivity contribution in [3.05, 3.63) is 108 Å². The van der Waals surface area contributed by atoms with Crippen LogP contribution in [-0.4, -0.2) is 68.7 Å². The molecule has 47 heavy (non-hydrogen) atoms. The zero-order valence-electron chi connectivity index (χ0n) is 28.9. The largest absolute Gasteiger partial charge is 0.445 e. The molecule has 254 valence electrons. The van der Waals surface area contributed by atoms with E-state index in [2.05, 4.69) is 33.9 Å². The van der Waals surface area contributed by atoms with Gasteiger partial charge in [0.05, 0.1) is 38.5 Å². The summed E-state index contributed by atoms with van der Waals surface area (Å²) in [5.41, 5.74) is 2.97. The molecule has 0 spiro atoms. The van der Waals surface area contributed by atoms with Crippen LogP contribution in [0.25, 0.3) is 0 Å². The minimum Gasteiger partial charge on any atom is -0.445 e. The third kappa shape index (κ3) is 8.90. The highest BCUT2D eigenvalue weighted by atomic mass is 28.4. The summed E-state index contributed by atoms with van der Waals surface area (Å²) < 4.78 is 39.2. The van der Waals surface area contributed by atoms with Crippen molar-refractivity contribution in [2.24, 2.45) is 0 Å². The van der Waals surface area contributed by atoms with E-state index in [0.29, 0.717) is 13.2 Å². The molecule has 5 atom stereocenters. The fraction of sp³-hybridized carbons (Fsp3) is 0.500. The van der Waals surface area contributed by atoms with Gasteiger partial charge in [-0.25, -0.2) is 4.79 Å². The molecule has 0 saturated carbocycles. The van der Waals surface area contributed by atoms with E-state index >= 15 is 0 Å². The van der Waals surface area contributed by atoms with Gasteiger partial charge >= 0.3 is 6.09 Å². The van der Waals surface area contributed by atoms with E-state index in [1.165, 1.54) is 0 Å². The standard InChI is InChI=1S/C38H51NO7Si/c1-37(2,3)47(6,7)44-27-32-33(42-24-29-19-13-9-14-20-29)35-34(45-38(4,5)46-35)31(26-41-23-28-17-11-8-12-18-28)39(32)36(40)43-25-30-21-15-10-16-22-30/h8-22,31-35H,23-27H2,1-7H3/t31-,32+,33+,34+,35-/m0/s1. The molecule has 2 saturated heterocycles. The Kier molecular flexibility index (Phi) is 11.3. The van der Waals surface area contributed by atoms with Crippen molar-refractivity contribution in [2.45, 2.75) is 109 Å². The van der Waals surface area contributed by atoms with Crippen LogP contribution in [0.2, 0.25) is 18.1 Å². The van der Waals surface area contributed by atoms with Gasteiger partial charge in [0.25, 0.3) is 0 Å². The van der Waals surface area contributed by atoms with Gasteiger partial charge in [-0.3, -0.25) is 4.90 Å². The summed E-state index contributed by atoms with van der Waals surface area (Å²) >= 11 is 0. The normalized spacial score (nSPS) is 24.1. The van der Waals surface area contributed by atoms with Gasteiger partial charge in [-0.05, 0) is 48.7 Å². The molecule has 1 amide bonds. The Morgan fingerprint density at radius 1 is 0.745 bits per heavy atom. The van der Waals surface area contributed by atoms with Crippen LogP contribution in [0.4, 0.5) is 4.79 Å². The molecule has 5 rings (SSSR count). The van der Waals surface area contributed by atoms with Crippen LogP contribution in [0, 0.1) is 0 Å². The van der Waals surface area contributed by atoms with Crippen LogP contribution >= 0.6 is 0 Å². The molecule has 8 nitrogen and oxygen atoms in total. The Morgan fingerprint density at radius 3 is 1.81 bits per heavy atom. The van der Waals surface area contributed by atoms with Gasteiger partial charge in [0, 0.05) is 0 Å². The summed E-state index contributed by atoms with van der Waals surface area (Å²) in [4.78, 5) is 16.1. The molecule has 2 fully saturated rings. The van der Waals surface area contributed by atoms with Gasteiger partial charge in [0.2, 0.25) is 0 Å². The topological polar surface area (TPSA) is 75.7 Å². The molecular weight excluding hydrogens is 611 g/mol. The zero-order chi connectivity index (χ0) is 33.7. The number of benzene rings is 3. The van der Waals surface area contributed by atoms with Crippen LogP contribution in [-0.2, 0) is 47.9 Å².